The van der Waals surface area contributed by atoms with Crippen molar-refractivity contribution in [3.05, 3.63) is 71.4 Å². The van der Waals surface area contributed by atoms with E-state index in [0.717, 1.165) is 27.6 Å². The van der Waals surface area contributed by atoms with Gasteiger partial charge in [-0.2, -0.15) is 0 Å². The normalized spacial score (nSPS) is 15.5. The van der Waals surface area contributed by atoms with Gasteiger partial charge in [-0.1, -0.05) is 48.0 Å². The first-order valence-electron chi connectivity index (χ1n) is 18.6. The summed E-state index contributed by atoms with van der Waals surface area (Å²) in [6.07, 6.45) is 3.49. The number of piperidine rings is 1. The summed E-state index contributed by atoms with van der Waals surface area (Å²) in [7, 11) is 1.21. The van der Waals surface area contributed by atoms with Crippen LogP contribution in [-0.2, 0) is 46.5 Å². The topological polar surface area (TPSA) is 234 Å². The number of carbonyl (C=O) groups excluding carboxylic acids is 7. The highest BCUT2D eigenvalue weighted by atomic mass is 35.5. The third-order valence-corrected chi connectivity index (χ3v) is 9.87. The summed E-state index contributed by atoms with van der Waals surface area (Å²) in [6.45, 7) is 2.53. The summed E-state index contributed by atoms with van der Waals surface area (Å²) in [5.41, 5.74) is 8.70. The van der Waals surface area contributed by atoms with Crippen LogP contribution in [0.4, 0.5) is 4.79 Å². The number of esters is 1. The second kappa shape index (κ2) is 21.5. The Bertz CT molecular complexity index is 1850. The zero-order valence-electron chi connectivity index (χ0n) is 31.7. The Labute approximate surface area is 330 Å². The van der Waals surface area contributed by atoms with Gasteiger partial charge < -0.3 is 46.9 Å². The second-order valence-electron chi connectivity index (χ2n) is 13.7. The van der Waals surface area contributed by atoms with Crippen LogP contribution < -0.4 is 32.3 Å². The maximum atomic E-state index is 14.3. The maximum absolute atomic E-state index is 14.3. The molecule has 302 valence electrons. The highest BCUT2D eigenvalue weighted by Gasteiger charge is 2.38. The number of amides is 7. The summed E-state index contributed by atoms with van der Waals surface area (Å²) in [4.78, 5) is 96.0. The van der Waals surface area contributed by atoms with Gasteiger partial charge in [-0.15, -0.1) is 11.6 Å². The number of carbonyl (C=O) groups is 7. The average Bonchev–Trinajstić information content (AvgIpc) is 3.61. The number of rotatable bonds is 19. The van der Waals surface area contributed by atoms with Crippen LogP contribution in [0, 0.1) is 6.92 Å². The molecule has 1 aromatic heterocycles. The number of urea groups is 1. The van der Waals surface area contributed by atoms with E-state index in [1.807, 2.05) is 55.5 Å². The van der Waals surface area contributed by atoms with Gasteiger partial charge >= 0.3 is 12.0 Å². The molecule has 1 saturated heterocycles. The van der Waals surface area contributed by atoms with E-state index in [1.165, 1.54) is 12.0 Å². The van der Waals surface area contributed by atoms with Gasteiger partial charge in [0, 0.05) is 49.6 Å². The first-order valence-corrected chi connectivity index (χ1v) is 19.2. The van der Waals surface area contributed by atoms with Gasteiger partial charge in [0.2, 0.25) is 29.5 Å². The zero-order chi connectivity index (χ0) is 40.6. The van der Waals surface area contributed by atoms with Gasteiger partial charge in [-0.25, -0.2) is 4.79 Å². The maximum Gasteiger partial charge on any atom is 0.312 e. The number of para-hydroxylation sites is 1. The lowest BCUT2D eigenvalue weighted by molar-refractivity contribution is -0.146. The lowest BCUT2D eigenvalue weighted by atomic mass is 9.97. The number of alkyl halides is 1. The molecule has 4 atom stereocenters. The molecule has 3 aromatic rings. The Kier molecular flexibility index (Phi) is 16.5. The minimum Gasteiger partial charge on any atom is -0.469 e. The molecule has 16 nitrogen and oxygen atoms in total. The van der Waals surface area contributed by atoms with Gasteiger partial charge in [-0.3, -0.25) is 28.8 Å². The minimum absolute atomic E-state index is 0.0384. The quantitative estimate of drug-likeness (QED) is 0.0536. The Morgan fingerprint density at radius 1 is 0.911 bits per heavy atom. The standard InChI is InChI=1S/C39H51ClN8O8/c1-24-12-14-25(15-13-24)22-44-35(51)29(10-7-18-42-39(41)55)46-36(52)31(20-26-23-43-28-9-4-3-8-27(26)28)47-37(53)32-11-5-6-19-48(32)38(54)30(45-33(49)21-40)16-17-34(50)56-2/h3-4,8-9,12-15,23,29-32,43H,5-7,10-11,16-22H2,1-2H3,(H,44,51)(H,45,49)(H,46,52)(H,47,53)(H3,41,42,55)/t29-,30+,31-,32-/m0/s1. The number of benzene rings is 2. The molecule has 17 heteroatoms. The van der Waals surface area contributed by atoms with E-state index >= 15 is 0 Å². The largest absolute Gasteiger partial charge is 0.469 e. The molecule has 8 N–H and O–H groups in total. The van der Waals surface area contributed by atoms with E-state index in [2.05, 4.69) is 31.6 Å². The monoisotopic (exact) mass is 794 g/mol. The third-order valence-electron chi connectivity index (χ3n) is 9.63. The van der Waals surface area contributed by atoms with Crippen LogP contribution in [0.5, 0.6) is 0 Å². The summed E-state index contributed by atoms with van der Waals surface area (Å²) in [6, 6.07) is 10.0. The lowest BCUT2D eigenvalue weighted by Gasteiger charge is -2.37. The highest BCUT2D eigenvalue weighted by molar-refractivity contribution is 6.27. The third kappa shape index (κ3) is 12.7. The fraction of sp³-hybridized carbons (Fsp3) is 0.462. The molecule has 7 amide bonds. The summed E-state index contributed by atoms with van der Waals surface area (Å²) < 4.78 is 4.72. The number of hydrogen-bond donors (Lipinski definition) is 7. The van der Waals surface area contributed by atoms with Crippen molar-refractivity contribution in [2.75, 3.05) is 26.1 Å². The number of methoxy groups -OCH3 is 1. The van der Waals surface area contributed by atoms with E-state index < -0.39 is 71.6 Å². The molecule has 56 heavy (non-hydrogen) atoms. The smallest absolute Gasteiger partial charge is 0.312 e. The number of hydrogen-bond acceptors (Lipinski definition) is 8. The van der Waals surface area contributed by atoms with Crippen molar-refractivity contribution in [3.63, 3.8) is 0 Å². The van der Waals surface area contributed by atoms with Crippen molar-refractivity contribution >= 4 is 64.0 Å². The number of aromatic nitrogens is 1. The molecule has 0 radical (unpaired) electrons. The lowest BCUT2D eigenvalue weighted by Crippen LogP contribution is -2.60. The fourth-order valence-electron chi connectivity index (χ4n) is 6.60. The number of primary amides is 1. The fourth-order valence-corrected chi connectivity index (χ4v) is 6.67. The molecular formula is C39H51ClN8O8. The minimum atomic E-state index is -1.19. The molecule has 0 saturated carbocycles. The van der Waals surface area contributed by atoms with Gasteiger partial charge in [0.25, 0.3) is 0 Å². The highest BCUT2D eigenvalue weighted by Crippen LogP contribution is 2.22. The predicted molar refractivity (Wildman–Crippen MR) is 209 cm³/mol. The van der Waals surface area contributed by atoms with E-state index in [1.54, 1.807) is 6.20 Å². The molecule has 2 heterocycles. The van der Waals surface area contributed by atoms with Crippen molar-refractivity contribution < 1.29 is 38.3 Å². The Morgan fingerprint density at radius 3 is 2.38 bits per heavy atom. The van der Waals surface area contributed by atoms with Crippen molar-refractivity contribution in [2.45, 2.75) is 89.0 Å². The van der Waals surface area contributed by atoms with Crippen molar-refractivity contribution in [1.29, 1.82) is 0 Å². The molecular weight excluding hydrogens is 744 g/mol. The Hall–Kier alpha value is -5.64. The van der Waals surface area contributed by atoms with Crippen LogP contribution in [0.15, 0.2) is 54.7 Å². The number of nitrogens with zero attached hydrogens (tertiary/aromatic N) is 1. The first-order chi connectivity index (χ1) is 26.9. The van der Waals surface area contributed by atoms with Crippen LogP contribution in [-0.4, -0.2) is 102 Å². The molecule has 1 aliphatic rings. The SMILES string of the molecule is COC(=O)CC[C@@H](NC(=O)CCl)C(=O)N1CCCC[C@H]1C(=O)N[C@@H](Cc1c[nH]c2ccccc12)C(=O)N[C@@H](CCCNC(N)=O)C(=O)NCc1ccc(C)cc1. The van der Waals surface area contributed by atoms with Crippen molar-refractivity contribution in [1.82, 2.24) is 36.5 Å². The molecule has 1 aliphatic heterocycles. The number of aromatic amines is 1. The van der Waals surface area contributed by atoms with E-state index in [-0.39, 0.29) is 51.7 Å². The summed E-state index contributed by atoms with van der Waals surface area (Å²) >= 11 is 5.71. The molecule has 0 bridgehead atoms. The van der Waals surface area contributed by atoms with Crippen LogP contribution in [0.3, 0.4) is 0 Å². The van der Waals surface area contributed by atoms with Gasteiger partial charge in [0.1, 0.15) is 30.0 Å². The number of nitrogens with one attached hydrogen (secondary N) is 6. The number of likely N-dealkylation sites (tertiary alicyclic amines) is 1. The average molecular weight is 795 g/mol. The second-order valence-corrected chi connectivity index (χ2v) is 14.0. The molecule has 2 aromatic carbocycles. The Morgan fingerprint density at radius 2 is 1.66 bits per heavy atom. The van der Waals surface area contributed by atoms with Crippen molar-refractivity contribution in [2.24, 2.45) is 5.73 Å². The number of ether oxygens (including phenoxy) is 1. The number of aryl methyl sites for hydroxylation is 1. The van der Waals surface area contributed by atoms with Gasteiger partial charge in [-0.05, 0) is 62.6 Å². The molecule has 1 fully saturated rings. The van der Waals surface area contributed by atoms with E-state index in [9.17, 15) is 33.6 Å². The van der Waals surface area contributed by atoms with Gasteiger partial charge in [0.05, 0.1) is 7.11 Å². The molecule has 0 spiro atoms. The Balaban J connectivity index is 1.58. The molecule has 0 aliphatic carbocycles. The van der Waals surface area contributed by atoms with Crippen LogP contribution in [0.2, 0.25) is 0 Å². The molecule has 0 unspecified atom stereocenters. The summed E-state index contributed by atoms with van der Waals surface area (Å²) in [5.74, 6) is -3.88. The zero-order valence-corrected chi connectivity index (χ0v) is 32.4. The van der Waals surface area contributed by atoms with Crippen LogP contribution in [0.1, 0.15) is 61.6 Å². The number of nitrogens with two attached hydrogens (primary N) is 1. The molecule has 4 rings (SSSR count). The van der Waals surface area contributed by atoms with Gasteiger partial charge in [0.15, 0.2) is 0 Å². The number of halogens is 1. The first kappa shape index (κ1) is 43.1. The van der Waals surface area contributed by atoms with Crippen molar-refractivity contribution in [3.8, 4) is 0 Å². The summed E-state index contributed by atoms with van der Waals surface area (Å²) in [5, 5.41) is 14.4. The van der Waals surface area contributed by atoms with E-state index in [0.29, 0.717) is 19.3 Å². The number of fused-ring (bicyclic) bond motifs is 1. The number of H-pyrrole nitrogens is 1. The predicted octanol–water partition coefficient (Wildman–Crippen LogP) is 1.81. The van der Waals surface area contributed by atoms with Crippen LogP contribution >= 0.6 is 11.6 Å². The van der Waals surface area contributed by atoms with E-state index in [4.69, 9.17) is 22.1 Å². The van der Waals surface area contributed by atoms with Crippen LogP contribution in [0.25, 0.3) is 10.9 Å².